The Morgan fingerprint density at radius 3 is 3.18 bits per heavy atom. The molecule has 1 fully saturated rings. The van der Waals surface area contributed by atoms with Crippen molar-refractivity contribution in [3.63, 3.8) is 0 Å². The third-order valence-corrected chi connectivity index (χ3v) is 3.44. The molecule has 4 nitrogen and oxygen atoms in total. The molecule has 1 aromatic heterocycles. The number of hydrogen-bond acceptors (Lipinski definition) is 4. The molecule has 0 amide bonds. The van der Waals surface area contributed by atoms with Gasteiger partial charge in [-0.05, 0) is 32.0 Å². The van der Waals surface area contributed by atoms with Gasteiger partial charge in [0.15, 0.2) is 0 Å². The molecule has 1 aliphatic rings. The Kier molecular flexibility index (Phi) is 3.82. The quantitative estimate of drug-likeness (QED) is 0.891. The minimum absolute atomic E-state index is 0.418. The molecular formula is C12H15ClN4. The van der Waals surface area contributed by atoms with E-state index in [2.05, 4.69) is 28.3 Å². The normalized spacial score (nSPS) is 20.2. The highest BCUT2D eigenvalue weighted by Crippen LogP contribution is 2.23. The first kappa shape index (κ1) is 12.2. The van der Waals surface area contributed by atoms with Crippen molar-refractivity contribution in [2.24, 2.45) is 5.92 Å². The van der Waals surface area contributed by atoms with Crippen LogP contribution in [0.2, 0.25) is 5.02 Å². The average Bonchev–Trinajstić information content (AvgIpc) is 2.74. The molecule has 1 N–H and O–H groups in total. The van der Waals surface area contributed by atoms with E-state index in [9.17, 15) is 0 Å². The third kappa shape index (κ3) is 2.87. The minimum Gasteiger partial charge on any atom is -0.368 e. The van der Waals surface area contributed by atoms with Crippen molar-refractivity contribution in [2.45, 2.75) is 6.42 Å². The van der Waals surface area contributed by atoms with Gasteiger partial charge in [0.25, 0.3) is 0 Å². The zero-order valence-corrected chi connectivity index (χ0v) is 10.5. The van der Waals surface area contributed by atoms with Crippen molar-refractivity contribution >= 4 is 17.4 Å². The number of rotatable bonds is 3. The lowest BCUT2D eigenvalue weighted by Gasteiger charge is -2.13. The molecule has 1 atom stereocenters. The average molecular weight is 251 g/mol. The van der Waals surface area contributed by atoms with E-state index >= 15 is 0 Å². The van der Waals surface area contributed by atoms with E-state index in [-0.39, 0.29) is 0 Å². The summed E-state index contributed by atoms with van der Waals surface area (Å²) in [6.45, 7) is 3.10. The Morgan fingerprint density at radius 1 is 1.71 bits per heavy atom. The van der Waals surface area contributed by atoms with Crippen LogP contribution in [0.1, 0.15) is 12.0 Å². The second-order valence-electron chi connectivity index (χ2n) is 4.43. The molecule has 1 unspecified atom stereocenters. The molecule has 1 aliphatic heterocycles. The first-order chi connectivity index (χ1) is 8.20. The van der Waals surface area contributed by atoms with Gasteiger partial charge in [0, 0.05) is 19.3 Å². The fourth-order valence-electron chi connectivity index (χ4n) is 2.09. The minimum atomic E-state index is 0.418. The number of aromatic nitrogens is 1. The van der Waals surface area contributed by atoms with Crippen LogP contribution < -0.4 is 5.32 Å². The molecule has 0 aliphatic carbocycles. The third-order valence-electron chi connectivity index (χ3n) is 3.06. The van der Waals surface area contributed by atoms with Crippen LogP contribution in [-0.2, 0) is 0 Å². The summed E-state index contributed by atoms with van der Waals surface area (Å²) in [7, 11) is 2.13. The maximum atomic E-state index is 8.86. The van der Waals surface area contributed by atoms with Gasteiger partial charge in [-0.1, -0.05) is 11.6 Å². The summed E-state index contributed by atoms with van der Waals surface area (Å²) >= 11 is 6.07. The first-order valence-corrected chi connectivity index (χ1v) is 6.05. The number of nitrogens with zero attached hydrogens (tertiary/aromatic N) is 3. The Hall–Kier alpha value is -1.31. The van der Waals surface area contributed by atoms with E-state index in [1.165, 1.54) is 6.42 Å². The fourth-order valence-corrected chi connectivity index (χ4v) is 2.31. The highest BCUT2D eigenvalue weighted by molar-refractivity contribution is 6.34. The van der Waals surface area contributed by atoms with Gasteiger partial charge in [0.05, 0.1) is 5.56 Å². The topological polar surface area (TPSA) is 52.0 Å². The molecular weight excluding hydrogens is 236 g/mol. The molecule has 5 heteroatoms. The van der Waals surface area contributed by atoms with Crippen LogP contribution in [0.25, 0.3) is 0 Å². The van der Waals surface area contributed by atoms with Crippen LogP contribution in [0.3, 0.4) is 0 Å². The second-order valence-corrected chi connectivity index (χ2v) is 4.81. The van der Waals surface area contributed by atoms with Gasteiger partial charge in [-0.15, -0.1) is 0 Å². The summed E-state index contributed by atoms with van der Waals surface area (Å²) in [6.07, 6.45) is 2.80. The maximum absolute atomic E-state index is 8.86. The highest BCUT2D eigenvalue weighted by atomic mass is 35.5. The summed E-state index contributed by atoms with van der Waals surface area (Å²) in [5.74, 6) is 1.24. The predicted octanol–water partition coefficient (Wildman–Crippen LogP) is 1.97. The molecule has 0 radical (unpaired) electrons. The second kappa shape index (κ2) is 5.35. The first-order valence-electron chi connectivity index (χ1n) is 5.67. The molecule has 90 valence electrons. The molecule has 0 bridgehead atoms. The number of nitriles is 1. The van der Waals surface area contributed by atoms with Crippen LogP contribution in [-0.4, -0.2) is 36.6 Å². The zero-order valence-electron chi connectivity index (χ0n) is 9.78. The highest BCUT2D eigenvalue weighted by Gasteiger charge is 2.19. The smallest absolute Gasteiger partial charge is 0.146 e. The molecule has 0 spiro atoms. The van der Waals surface area contributed by atoms with Crippen molar-refractivity contribution in [3.8, 4) is 6.07 Å². The van der Waals surface area contributed by atoms with Crippen molar-refractivity contribution in [3.05, 3.63) is 22.8 Å². The summed E-state index contributed by atoms with van der Waals surface area (Å²) in [5, 5.41) is 12.5. The van der Waals surface area contributed by atoms with E-state index in [0.717, 1.165) is 19.6 Å². The Morgan fingerprint density at radius 2 is 2.53 bits per heavy atom. The van der Waals surface area contributed by atoms with Gasteiger partial charge in [0.2, 0.25) is 0 Å². The van der Waals surface area contributed by atoms with E-state index in [0.29, 0.717) is 22.3 Å². The van der Waals surface area contributed by atoms with Crippen molar-refractivity contribution in [1.29, 1.82) is 5.26 Å². The molecule has 2 rings (SSSR count). The lowest BCUT2D eigenvalue weighted by molar-refractivity contribution is 0.399. The predicted molar refractivity (Wildman–Crippen MR) is 68.1 cm³/mol. The van der Waals surface area contributed by atoms with E-state index < -0.39 is 0 Å². The summed E-state index contributed by atoms with van der Waals surface area (Å²) in [5.41, 5.74) is 0.465. The summed E-state index contributed by atoms with van der Waals surface area (Å²) < 4.78 is 0. The molecule has 2 heterocycles. The molecule has 1 saturated heterocycles. The number of hydrogen-bond donors (Lipinski definition) is 1. The van der Waals surface area contributed by atoms with Crippen LogP contribution in [0.15, 0.2) is 12.3 Å². The van der Waals surface area contributed by atoms with Gasteiger partial charge in [-0.3, -0.25) is 0 Å². The van der Waals surface area contributed by atoms with Crippen molar-refractivity contribution < 1.29 is 0 Å². The number of likely N-dealkylation sites (tertiary alicyclic amines) is 1. The van der Waals surface area contributed by atoms with Crippen LogP contribution in [0.4, 0.5) is 5.82 Å². The van der Waals surface area contributed by atoms with Crippen molar-refractivity contribution in [2.75, 3.05) is 32.0 Å². The Labute approximate surface area is 106 Å². The van der Waals surface area contributed by atoms with Gasteiger partial charge in [-0.2, -0.15) is 5.26 Å². The largest absolute Gasteiger partial charge is 0.368 e. The Bertz CT molecular complexity index is 441. The SMILES string of the molecule is CN1CCC(CNc2nccc(C#N)c2Cl)C1. The van der Waals surface area contributed by atoms with Crippen LogP contribution >= 0.6 is 11.6 Å². The van der Waals surface area contributed by atoms with Crippen LogP contribution in [0.5, 0.6) is 0 Å². The molecule has 17 heavy (non-hydrogen) atoms. The number of halogens is 1. The molecule has 1 aromatic rings. The lowest BCUT2D eigenvalue weighted by Crippen LogP contribution is -2.19. The Balaban J connectivity index is 1.98. The van der Waals surface area contributed by atoms with Gasteiger partial charge < -0.3 is 10.2 Å². The number of nitrogens with one attached hydrogen (secondary N) is 1. The van der Waals surface area contributed by atoms with Crippen molar-refractivity contribution in [1.82, 2.24) is 9.88 Å². The maximum Gasteiger partial charge on any atom is 0.146 e. The monoisotopic (exact) mass is 250 g/mol. The summed E-state index contributed by atoms with van der Waals surface area (Å²) in [6, 6.07) is 3.67. The van der Waals surface area contributed by atoms with E-state index in [4.69, 9.17) is 16.9 Å². The number of pyridine rings is 1. The van der Waals surface area contributed by atoms with Gasteiger partial charge in [0.1, 0.15) is 16.9 Å². The zero-order chi connectivity index (χ0) is 12.3. The molecule has 0 aromatic carbocycles. The van der Waals surface area contributed by atoms with E-state index in [1.54, 1.807) is 12.3 Å². The van der Waals surface area contributed by atoms with Gasteiger partial charge in [-0.25, -0.2) is 4.98 Å². The van der Waals surface area contributed by atoms with Crippen LogP contribution in [0, 0.1) is 17.2 Å². The number of anilines is 1. The lowest BCUT2D eigenvalue weighted by atomic mass is 10.1. The fraction of sp³-hybridized carbons (Fsp3) is 0.500. The summed E-state index contributed by atoms with van der Waals surface area (Å²) in [4.78, 5) is 6.47. The van der Waals surface area contributed by atoms with E-state index in [1.807, 2.05) is 0 Å². The molecule has 0 saturated carbocycles. The van der Waals surface area contributed by atoms with Gasteiger partial charge >= 0.3 is 0 Å². The standard InChI is InChI=1S/C12H15ClN4/c1-17-5-3-9(8-17)7-16-12-11(13)10(6-14)2-4-15-12/h2,4,9H,3,5,7-8H2,1H3,(H,15,16).